The van der Waals surface area contributed by atoms with Crippen molar-refractivity contribution in [1.82, 2.24) is 9.62 Å². The number of carbonyl (C=O) groups is 2. The summed E-state index contributed by atoms with van der Waals surface area (Å²) in [6.07, 6.45) is 0. The monoisotopic (exact) mass is 486 g/mol. The molecule has 0 spiro atoms. The standard InChI is InChI=1S/C21H27ClN2O5S2/c1-5-24(6-2)31(27,28)17-9-7-8-15(12-17)20(25)23-19(14(3)4)21(26)29-13-16-10-11-18(22)30-16/h7-12,14,19H,5-6,13H2,1-4H3,(H,23,25)/t19-/m0/s1. The second-order valence-corrected chi connectivity index (χ2v) is 10.9. The van der Waals surface area contributed by atoms with Gasteiger partial charge in [-0.1, -0.05) is 45.4 Å². The Labute approximate surface area is 192 Å². The maximum Gasteiger partial charge on any atom is 0.329 e. The highest BCUT2D eigenvalue weighted by Gasteiger charge is 2.27. The molecule has 1 heterocycles. The van der Waals surface area contributed by atoms with Gasteiger partial charge >= 0.3 is 5.97 Å². The third kappa shape index (κ3) is 6.52. The van der Waals surface area contributed by atoms with Crippen LogP contribution < -0.4 is 5.32 Å². The van der Waals surface area contributed by atoms with Crippen molar-refractivity contribution in [2.75, 3.05) is 13.1 Å². The number of thiophene rings is 1. The molecule has 0 unspecified atom stereocenters. The van der Waals surface area contributed by atoms with Gasteiger partial charge in [0.05, 0.1) is 9.23 Å². The molecule has 0 bridgehead atoms. The summed E-state index contributed by atoms with van der Waals surface area (Å²) in [5.41, 5.74) is 0.150. The average molecular weight is 487 g/mol. The number of amides is 1. The molecule has 2 aromatic rings. The van der Waals surface area contributed by atoms with Gasteiger partial charge in [-0.3, -0.25) is 4.79 Å². The molecule has 1 atom stereocenters. The quantitative estimate of drug-likeness (QED) is 0.513. The molecule has 1 aromatic carbocycles. The first-order chi connectivity index (χ1) is 14.6. The van der Waals surface area contributed by atoms with E-state index in [1.165, 1.54) is 39.9 Å². The molecule has 7 nitrogen and oxygen atoms in total. The zero-order chi connectivity index (χ0) is 23.2. The number of carbonyl (C=O) groups excluding carboxylic acids is 2. The first-order valence-electron chi connectivity index (χ1n) is 9.92. The van der Waals surface area contributed by atoms with E-state index >= 15 is 0 Å². The van der Waals surface area contributed by atoms with Gasteiger partial charge in [0.15, 0.2) is 0 Å². The van der Waals surface area contributed by atoms with Gasteiger partial charge in [-0.15, -0.1) is 11.3 Å². The van der Waals surface area contributed by atoms with Crippen LogP contribution in [-0.2, 0) is 26.2 Å². The van der Waals surface area contributed by atoms with Crippen LogP contribution in [0.5, 0.6) is 0 Å². The van der Waals surface area contributed by atoms with Crippen molar-refractivity contribution in [3.05, 3.63) is 51.2 Å². The molecule has 1 amide bonds. The van der Waals surface area contributed by atoms with Crippen LogP contribution in [0.2, 0.25) is 4.34 Å². The minimum atomic E-state index is -3.70. The van der Waals surface area contributed by atoms with E-state index in [1.54, 1.807) is 39.8 Å². The molecular formula is C21H27ClN2O5S2. The lowest BCUT2D eigenvalue weighted by Crippen LogP contribution is -2.45. The predicted octanol–water partition coefficient (Wildman–Crippen LogP) is 3.93. The number of hydrogen-bond acceptors (Lipinski definition) is 6. The number of nitrogens with one attached hydrogen (secondary N) is 1. The van der Waals surface area contributed by atoms with E-state index in [9.17, 15) is 18.0 Å². The summed E-state index contributed by atoms with van der Waals surface area (Å²) in [7, 11) is -3.70. The van der Waals surface area contributed by atoms with Gasteiger partial charge in [0.25, 0.3) is 5.91 Å². The first-order valence-corrected chi connectivity index (χ1v) is 12.6. The van der Waals surface area contributed by atoms with Crippen LogP contribution in [0.15, 0.2) is 41.3 Å². The van der Waals surface area contributed by atoms with E-state index < -0.39 is 27.9 Å². The van der Waals surface area contributed by atoms with Gasteiger partial charge in [0, 0.05) is 23.5 Å². The molecular weight excluding hydrogens is 460 g/mol. The van der Waals surface area contributed by atoms with E-state index in [0.717, 1.165) is 4.88 Å². The molecule has 0 saturated heterocycles. The lowest BCUT2D eigenvalue weighted by molar-refractivity contribution is -0.148. The summed E-state index contributed by atoms with van der Waals surface area (Å²) in [6, 6.07) is 8.39. The Balaban J connectivity index is 2.14. The fourth-order valence-electron chi connectivity index (χ4n) is 2.89. The van der Waals surface area contributed by atoms with Crippen molar-refractivity contribution in [2.24, 2.45) is 5.92 Å². The number of nitrogens with zero attached hydrogens (tertiary/aromatic N) is 1. The summed E-state index contributed by atoms with van der Waals surface area (Å²) in [5.74, 6) is -1.35. The van der Waals surface area contributed by atoms with Crippen LogP contribution in [0.1, 0.15) is 42.9 Å². The zero-order valence-electron chi connectivity index (χ0n) is 17.9. The van der Waals surface area contributed by atoms with Crippen LogP contribution >= 0.6 is 22.9 Å². The Morgan fingerprint density at radius 3 is 2.39 bits per heavy atom. The van der Waals surface area contributed by atoms with Crippen LogP contribution in [-0.4, -0.2) is 43.7 Å². The Bertz CT molecular complexity index is 1020. The zero-order valence-corrected chi connectivity index (χ0v) is 20.3. The molecule has 0 radical (unpaired) electrons. The smallest absolute Gasteiger partial charge is 0.329 e. The summed E-state index contributed by atoms with van der Waals surface area (Å²) in [5, 5.41) is 2.67. The number of esters is 1. The fourth-order valence-corrected chi connectivity index (χ4v) is 5.40. The summed E-state index contributed by atoms with van der Waals surface area (Å²) >= 11 is 7.19. The maximum atomic E-state index is 12.8. The van der Waals surface area contributed by atoms with Gasteiger partial charge in [-0.2, -0.15) is 4.31 Å². The molecule has 0 aliphatic rings. The number of ether oxygens (including phenoxy) is 1. The largest absolute Gasteiger partial charge is 0.458 e. The number of halogens is 1. The van der Waals surface area contributed by atoms with Crippen molar-refractivity contribution in [2.45, 2.75) is 45.2 Å². The normalized spacial score (nSPS) is 12.7. The third-order valence-electron chi connectivity index (χ3n) is 4.63. The minimum absolute atomic E-state index is 0.0297. The molecule has 0 fully saturated rings. The van der Waals surface area contributed by atoms with Crippen LogP contribution in [0, 0.1) is 5.92 Å². The molecule has 10 heteroatoms. The molecule has 2 rings (SSSR count). The molecule has 170 valence electrons. The maximum absolute atomic E-state index is 12.8. The molecule has 0 aliphatic carbocycles. The van der Waals surface area contributed by atoms with Crippen molar-refractivity contribution in [3.63, 3.8) is 0 Å². The Morgan fingerprint density at radius 2 is 1.84 bits per heavy atom. The Morgan fingerprint density at radius 1 is 1.16 bits per heavy atom. The summed E-state index contributed by atoms with van der Waals surface area (Å²) in [6.45, 7) is 7.79. The van der Waals surface area contributed by atoms with Crippen molar-refractivity contribution >= 4 is 44.8 Å². The highest BCUT2D eigenvalue weighted by molar-refractivity contribution is 7.89. The fraction of sp³-hybridized carbons (Fsp3) is 0.429. The van der Waals surface area contributed by atoms with Crippen LogP contribution in [0.25, 0.3) is 0 Å². The number of rotatable bonds is 10. The summed E-state index contributed by atoms with van der Waals surface area (Å²) in [4.78, 5) is 26.2. The van der Waals surface area contributed by atoms with Crippen LogP contribution in [0.4, 0.5) is 0 Å². The first kappa shape index (κ1) is 25.3. The number of hydrogen-bond donors (Lipinski definition) is 1. The second kappa shape index (κ2) is 11.1. The lowest BCUT2D eigenvalue weighted by Gasteiger charge is -2.21. The molecule has 1 N–H and O–H groups in total. The number of benzene rings is 1. The highest BCUT2D eigenvalue weighted by atomic mass is 35.5. The summed E-state index contributed by atoms with van der Waals surface area (Å²) < 4.78 is 32.7. The average Bonchev–Trinajstić information content (AvgIpc) is 3.15. The van der Waals surface area contributed by atoms with Gasteiger partial charge in [0.2, 0.25) is 10.0 Å². The van der Waals surface area contributed by atoms with Crippen molar-refractivity contribution in [1.29, 1.82) is 0 Å². The van der Waals surface area contributed by atoms with Gasteiger partial charge < -0.3 is 10.1 Å². The lowest BCUT2D eigenvalue weighted by atomic mass is 10.0. The molecule has 31 heavy (non-hydrogen) atoms. The van der Waals surface area contributed by atoms with E-state index in [4.69, 9.17) is 16.3 Å². The van der Waals surface area contributed by atoms with Gasteiger partial charge in [-0.25, -0.2) is 13.2 Å². The van der Waals surface area contributed by atoms with Crippen LogP contribution in [0.3, 0.4) is 0 Å². The molecule has 1 aromatic heterocycles. The number of sulfonamides is 1. The van der Waals surface area contributed by atoms with Gasteiger partial charge in [-0.05, 0) is 36.2 Å². The van der Waals surface area contributed by atoms with E-state index in [0.29, 0.717) is 17.4 Å². The Kier molecular flexibility index (Phi) is 9.05. The van der Waals surface area contributed by atoms with E-state index in [2.05, 4.69) is 5.32 Å². The SMILES string of the molecule is CCN(CC)S(=O)(=O)c1cccc(C(=O)N[C@H](C(=O)OCc2ccc(Cl)s2)C(C)C)c1. The van der Waals surface area contributed by atoms with Crippen molar-refractivity contribution < 1.29 is 22.7 Å². The second-order valence-electron chi connectivity index (χ2n) is 7.13. The topological polar surface area (TPSA) is 92.8 Å². The highest BCUT2D eigenvalue weighted by Crippen LogP contribution is 2.22. The van der Waals surface area contributed by atoms with Gasteiger partial charge in [0.1, 0.15) is 12.6 Å². The predicted molar refractivity (Wildman–Crippen MR) is 122 cm³/mol. The van der Waals surface area contributed by atoms with E-state index in [-0.39, 0.29) is 23.0 Å². The third-order valence-corrected chi connectivity index (χ3v) is 7.88. The van der Waals surface area contributed by atoms with E-state index in [1.807, 2.05) is 0 Å². The Hall–Kier alpha value is -1.94. The molecule has 0 saturated carbocycles. The minimum Gasteiger partial charge on any atom is -0.458 e. The molecule has 0 aliphatic heterocycles. The van der Waals surface area contributed by atoms with Crippen molar-refractivity contribution in [3.8, 4) is 0 Å².